The van der Waals surface area contributed by atoms with Gasteiger partial charge in [-0.15, -0.1) is 11.8 Å². The summed E-state index contributed by atoms with van der Waals surface area (Å²) in [7, 11) is 0. The van der Waals surface area contributed by atoms with Gasteiger partial charge in [-0.05, 0) is 36.8 Å². The molecule has 1 amide bonds. The SMILES string of the molecule is CC1(C)CCC(NC(=O)CCSc2ccccc2F)C1. The Morgan fingerprint density at radius 1 is 1.45 bits per heavy atom. The summed E-state index contributed by atoms with van der Waals surface area (Å²) in [6, 6.07) is 7.00. The molecular formula is C16H22FNOS. The molecule has 2 nitrogen and oxygen atoms in total. The molecule has 1 atom stereocenters. The summed E-state index contributed by atoms with van der Waals surface area (Å²) in [5.41, 5.74) is 0.347. The van der Waals surface area contributed by atoms with Gasteiger partial charge in [0.2, 0.25) is 5.91 Å². The van der Waals surface area contributed by atoms with Crippen molar-refractivity contribution in [2.75, 3.05) is 5.75 Å². The number of rotatable bonds is 5. The highest BCUT2D eigenvalue weighted by atomic mass is 32.2. The monoisotopic (exact) mass is 295 g/mol. The van der Waals surface area contributed by atoms with Crippen LogP contribution in [0.4, 0.5) is 4.39 Å². The molecule has 1 N–H and O–H groups in total. The van der Waals surface area contributed by atoms with Crippen LogP contribution >= 0.6 is 11.8 Å². The van der Waals surface area contributed by atoms with Crippen LogP contribution in [0.5, 0.6) is 0 Å². The number of nitrogens with one attached hydrogen (secondary N) is 1. The minimum atomic E-state index is -0.213. The van der Waals surface area contributed by atoms with Gasteiger partial charge in [-0.2, -0.15) is 0 Å². The molecule has 0 radical (unpaired) electrons. The lowest BCUT2D eigenvalue weighted by Crippen LogP contribution is -2.33. The van der Waals surface area contributed by atoms with E-state index in [0.717, 1.165) is 12.8 Å². The summed E-state index contributed by atoms with van der Waals surface area (Å²) in [5, 5.41) is 3.09. The summed E-state index contributed by atoms with van der Waals surface area (Å²) in [4.78, 5) is 12.5. The second-order valence-electron chi connectivity index (χ2n) is 6.20. The van der Waals surface area contributed by atoms with Crippen molar-refractivity contribution in [3.05, 3.63) is 30.1 Å². The van der Waals surface area contributed by atoms with Crippen LogP contribution in [0.2, 0.25) is 0 Å². The maximum Gasteiger partial charge on any atom is 0.221 e. The molecule has 1 aliphatic carbocycles. The smallest absolute Gasteiger partial charge is 0.221 e. The Balaban J connectivity index is 1.70. The van der Waals surface area contributed by atoms with Crippen molar-refractivity contribution in [3.63, 3.8) is 0 Å². The van der Waals surface area contributed by atoms with E-state index in [1.807, 2.05) is 6.07 Å². The minimum absolute atomic E-state index is 0.0801. The van der Waals surface area contributed by atoms with Gasteiger partial charge in [0.15, 0.2) is 0 Å². The van der Waals surface area contributed by atoms with Crippen LogP contribution in [0.3, 0.4) is 0 Å². The third kappa shape index (κ3) is 4.51. The molecule has 1 aromatic rings. The third-order valence-electron chi connectivity index (χ3n) is 3.76. The first kappa shape index (κ1) is 15.4. The van der Waals surface area contributed by atoms with E-state index in [1.54, 1.807) is 12.1 Å². The number of halogens is 1. The van der Waals surface area contributed by atoms with Crippen molar-refractivity contribution in [2.45, 2.75) is 50.5 Å². The lowest BCUT2D eigenvalue weighted by atomic mass is 9.92. The van der Waals surface area contributed by atoms with Crippen LogP contribution < -0.4 is 5.32 Å². The van der Waals surface area contributed by atoms with E-state index in [9.17, 15) is 9.18 Å². The molecule has 0 bridgehead atoms. The van der Waals surface area contributed by atoms with Crippen LogP contribution in [0, 0.1) is 11.2 Å². The van der Waals surface area contributed by atoms with Crippen molar-refractivity contribution in [1.82, 2.24) is 5.32 Å². The van der Waals surface area contributed by atoms with E-state index in [4.69, 9.17) is 0 Å². The van der Waals surface area contributed by atoms with Crippen LogP contribution in [0.25, 0.3) is 0 Å². The van der Waals surface area contributed by atoms with Crippen molar-refractivity contribution >= 4 is 17.7 Å². The number of hydrogen-bond acceptors (Lipinski definition) is 2. The maximum atomic E-state index is 13.4. The molecule has 4 heteroatoms. The molecule has 1 fully saturated rings. The summed E-state index contributed by atoms with van der Waals surface area (Å²) in [6.45, 7) is 4.49. The molecular weight excluding hydrogens is 273 g/mol. The van der Waals surface area contributed by atoms with E-state index in [0.29, 0.717) is 28.5 Å². The first-order valence-electron chi connectivity index (χ1n) is 7.13. The average Bonchev–Trinajstić information content (AvgIpc) is 2.71. The van der Waals surface area contributed by atoms with Gasteiger partial charge in [-0.1, -0.05) is 26.0 Å². The Hall–Kier alpha value is -1.03. The predicted octanol–water partition coefficient (Wildman–Crippen LogP) is 4.00. The largest absolute Gasteiger partial charge is 0.353 e. The zero-order valence-electron chi connectivity index (χ0n) is 12.1. The van der Waals surface area contributed by atoms with Crippen molar-refractivity contribution in [1.29, 1.82) is 0 Å². The average molecular weight is 295 g/mol. The first-order chi connectivity index (χ1) is 9.46. The summed E-state index contributed by atoms with van der Waals surface area (Å²) >= 11 is 1.40. The Labute approximate surface area is 124 Å². The minimum Gasteiger partial charge on any atom is -0.353 e. The molecule has 0 aliphatic heterocycles. The number of hydrogen-bond donors (Lipinski definition) is 1. The quantitative estimate of drug-likeness (QED) is 0.832. The Kier molecular flexibility index (Phi) is 5.08. The highest BCUT2D eigenvalue weighted by Gasteiger charge is 2.31. The zero-order chi connectivity index (χ0) is 14.6. The van der Waals surface area contributed by atoms with E-state index in [2.05, 4.69) is 19.2 Å². The van der Waals surface area contributed by atoms with Gasteiger partial charge in [0.1, 0.15) is 5.82 Å². The predicted molar refractivity (Wildman–Crippen MR) is 81.3 cm³/mol. The van der Waals surface area contributed by atoms with Crippen molar-refractivity contribution < 1.29 is 9.18 Å². The van der Waals surface area contributed by atoms with Crippen LogP contribution in [-0.2, 0) is 4.79 Å². The highest BCUT2D eigenvalue weighted by Crippen LogP contribution is 2.36. The molecule has 2 rings (SSSR count). The van der Waals surface area contributed by atoms with Gasteiger partial charge in [0, 0.05) is 23.1 Å². The summed E-state index contributed by atoms with van der Waals surface area (Å²) < 4.78 is 13.4. The van der Waals surface area contributed by atoms with Crippen LogP contribution in [-0.4, -0.2) is 17.7 Å². The molecule has 0 aromatic heterocycles. The fraction of sp³-hybridized carbons (Fsp3) is 0.562. The summed E-state index contributed by atoms with van der Waals surface area (Å²) in [6.07, 6.45) is 3.73. The van der Waals surface area contributed by atoms with Crippen LogP contribution in [0.1, 0.15) is 39.5 Å². The Bertz CT molecular complexity index is 475. The van der Waals surface area contributed by atoms with Gasteiger partial charge >= 0.3 is 0 Å². The van der Waals surface area contributed by atoms with Crippen LogP contribution in [0.15, 0.2) is 29.2 Å². The van der Waals surface area contributed by atoms with E-state index in [-0.39, 0.29) is 11.7 Å². The maximum absolute atomic E-state index is 13.4. The summed E-state index contributed by atoms with van der Waals surface area (Å²) in [5.74, 6) is 0.482. The van der Waals surface area contributed by atoms with Gasteiger partial charge in [-0.25, -0.2) is 4.39 Å². The molecule has 1 unspecified atom stereocenters. The number of carbonyl (C=O) groups is 1. The van der Waals surface area contributed by atoms with E-state index < -0.39 is 0 Å². The fourth-order valence-corrected chi connectivity index (χ4v) is 3.56. The molecule has 0 heterocycles. The number of carbonyl (C=O) groups excluding carboxylic acids is 1. The standard InChI is InChI=1S/C16H22FNOS/c1-16(2)9-7-12(11-16)18-15(19)8-10-20-14-6-4-3-5-13(14)17/h3-6,12H,7-11H2,1-2H3,(H,18,19). The normalized spacial score (nSPS) is 20.9. The zero-order valence-corrected chi connectivity index (χ0v) is 12.9. The number of benzene rings is 1. The Morgan fingerprint density at radius 2 is 2.20 bits per heavy atom. The fourth-order valence-electron chi connectivity index (χ4n) is 2.67. The molecule has 0 saturated heterocycles. The van der Waals surface area contributed by atoms with E-state index in [1.165, 1.54) is 24.2 Å². The van der Waals surface area contributed by atoms with E-state index >= 15 is 0 Å². The second-order valence-corrected chi connectivity index (χ2v) is 7.34. The van der Waals surface area contributed by atoms with Crippen molar-refractivity contribution in [3.8, 4) is 0 Å². The third-order valence-corrected chi connectivity index (χ3v) is 4.81. The lowest BCUT2D eigenvalue weighted by molar-refractivity contribution is -0.121. The lowest BCUT2D eigenvalue weighted by Gasteiger charge is -2.17. The number of thioether (sulfide) groups is 1. The molecule has 0 spiro atoms. The topological polar surface area (TPSA) is 29.1 Å². The second kappa shape index (κ2) is 6.61. The molecule has 1 aromatic carbocycles. The highest BCUT2D eigenvalue weighted by molar-refractivity contribution is 7.99. The van der Waals surface area contributed by atoms with Gasteiger partial charge in [0.05, 0.1) is 0 Å². The molecule has 1 saturated carbocycles. The first-order valence-corrected chi connectivity index (χ1v) is 8.11. The number of amides is 1. The van der Waals surface area contributed by atoms with Gasteiger partial charge in [-0.3, -0.25) is 4.79 Å². The Morgan fingerprint density at radius 3 is 2.85 bits per heavy atom. The van der Waals surface area contributed by atoms with Gasteiger partial charge < -0.3 is 5.32 Å². The molecule has 20 heavy (non-hydrogen) atoms. The molecule has 110 valence electrons. The van der Waals surface area contributed by atoms with Gasteiger partial charge in [0.25, 0.3) is 0 Å². The van der Waals surface area contributed by atoms with Crippen molar-refractivity contribution in [2.24, 2.45) is 5.41 Å². The molecule has 1 aliphatic rings.